The first-order valence-corrected chi connectivity index (χ1v) is 11.3. The van der Waals surface area contributed by atoms with Crippen molar-refractivity contribution in [2.45, 2.75) is 20.3 Å². The number of rotatable bonds is 6. The van der Waals surface area contributed by atoms with E-state index < -0.39 is 5.92 Å². The molecule has 2 aromatic heterocycles. The molecule has 35 heavy (non-hydrogen) atoms. The molecule has 176 valence electrons. The van der Waals surface area contributed by atoms with Crippen molar-refractivity contribution in [3.8, 4) is 17.4 Å². The molecule has 2 amide bonds. The molecule has 1 saturated heterocycles. The summed E-state index contributed by atoms with van der Waals surface area (Å²) in [7, 11) is 0. The van der Waals surface area contributed by atoms with E-state index in [0.717, 1.165) is 11.3 Å². The van der Waals surface area contributed by atoms with Gasteiger partial charge in [-0.2, -0.15) is 5.10 Å². The van der Waals surface area contributed by atoms with Crippen LogP contribution >= 0.6 is 0 Å². The summed E-state index contributed by atoms with van der Waals surface area (Å²) in [6, 6.07) is 18.1. The number of ether oxygens (including phenoxy) is 1. The molecular weight excluding hydrogens is 444 g/mol. The summed E-state index contributed by atoms with van der Waals surface area (Å²) in [5.74, 6) is 0.843. The van der Waals surface area contributed by atoms with Gasteiger partial charge in [0.25, 0.3) is 0 Å². The fourth-order valence-electron chi connectivity index (χ4n) is 3.89. The van der Waals surface area contributed by atoms with Gasteiger partial charge >= 0.3 is 0 Å². The molecule has 1 atom stereocenters. The minimum atomic E-state index is -0.413. The molecule has 5 rings (SSSR count). The number of anilines is 2. The summed E-state index contributed by atoms with van der Waals surface area (Å²) < 4.78 is 7.34. The van der Waals surface area contributed by atoms with Gasteiger partial charge in [0, 0.05) is 42.8 Å². The number of carbonyl (C=O) groups is 2. The average molecular weight is 469 g/mol. The number of nitrogens with zero attached hydrogens (tertiary/aromatic N) is 5. The second kappa shape index (κ2) is 9.38. The molecule has 3 heterocycles. The molecule has 1 fully saturated rings. The van der Waals surface area contributed by atoms with Gasteiger partial charge in [-0.3, -0.25) is 9.59 Å². The maximum atomic E-state index is 12.8. The molecule has 0 bridgehead atoms. The Bertz CT molecular complexity index is 1350. The molecular formula is C26H24N6O3. The molecule has 1 unspecified atom stereocenters. The van der Waals surface area contributed by atoms with Crippen LogP contribution in [0.4, 0.5) is 11.4 Å². The number of benzene rings is 2. The zero-order chi connectivity index (χ0) is 24.4. The third-order valence-electron chi connectivity index (χ3n) is 6.01. The first kappa shape index (κ1) is 22.3. The highest BCUT2D eigenvalue weighted by Gasteiger charge is 2.35. The van der Waals surface area contributed by atoms with Crippen molar-refractivity contribution in [1.29, 1.82) is 0 Å². The monoisotopic (exact) mass is 468 g/mol. The van der Waals surface area contributed by atoms with Gasteiger partial charge in [-0.1, -0.05) is 6.07 Å². The average Bonchev–Trinajstić information content (AvgIpc) is 3.53. The van der Waals surface area contributed by atoms with Crippen LogP contribution in [0, 0.1) is 19.8 Å². The summed E-state index contributed by atoms with van der Waals surface area (Å²) in [4.78, 5) is 27.1. The van der Waals surface area contributed by atoms with Gasteiger partial charge in [-0.05, 0) is 73.5 Å². The Kier molecular flexibility index (Phi) is 5.97. The summed E-state index contributed by atoms with van der Waals surface area (Å²) in [6.45, 7) is 4.41. The van der Waals surface area contributed by atoms with Crippen molar-refractivity contribution in [3.05, 3.63) is 84.2 Å². The lowest BCUT2D eigenvalue weighted by molar-refractivity contribution is -0.122. The van der Waals surface area contributed by atoms with Crippen molar-refractivity contribution >= 4 is 23.2 Å². The van der Waals surface area contributed by atoms with Gasteiger partial charge in [0.2, 0.25) is 17.7 Å². The van der Waals surface area contributed by atoms with Crippen LogP contribution in [0.25, 0.3) is 5.82 Å². The molecule has 0 saturated carbocycles. The molecule has 0 radical (unpaired) electrons. The van der Waals surface area contributed by atoms with Crippen molar-refractivity contribution in [2.75, 3.05) is 16.8 Å². The predicted octanol–water partition coefficient (Wildman–Crippen LogP) is 4.06. The van der Waals surface area contributed by atoms with Crippen LogP contribution in [0.15, 0.2) is 73.1 Å². The second-order valence-corrected chi connectivity index (χ2v) is 8.47. The Morgan fingerprint density at radius 1 is 1.03 bits per heavy atom. The van der Waals surface area contributed by atoms with E-state index in [1.807, 2.05) is 32.0 Å². The lowest BCUT2D eigenvalue weighted by Gasteiger charge is -2.18. The summed E-state index contributed by atoms with van der Waals surface area (Å²) in [6.07, 6.45) is 3.63. The fourth-order valence-corrected chi connectivity index (χ4v) is 3.89. The standard InChI is InChI=1S/C26H24N6O3/c1-17-4-7-21(14-18(17)2)31-16-19(15-25(31)33)26(34)28-20-5-8-22(9-6-20)35-24-11-10-23(29-30-24)32-13-3-12-27-32/h3-14,19H,15-16H2,1-2H3,(H,28,34). The first-order valence-electron chi connectivity index (χ1n) is 11.3. The van der Waals surface area contributed by atoms with Crippen LogP contribution in [0.1, 0.15) is 17.5 Å². The van der Waals surface area contributed by atoms with E-state index in [1.54, 1.807) is 64.4 Å². The van der Waals surface area contributed by atoms with Crippen LogP contribution in [0.3, 0.4) is 0 Å². The number of carbonyl (C=O) groups excluding carboxylic acids is 2. The SMILES string of the molecule is Cc1ccc(N2CC(C(=O)Nc3ccc(Oc4ccc(-n5cccn5)nn4)cc3)CC2=O)cc1C. The molecule has 4 aromatic rings. The van der Waals surface area contributed by atoms with Crippen LogP contribution in [0.5, 0.6) is 11.6 Å². The Labute approximate surface area is 202 Å². The first-order chi connectivity index (χ1) is 17.0. The second-order valence-electron chi connectivity index (χ2n) is 8.47. The molecule has 1 aliphatic rings. The maximum Gasteiger partial charge on any atom is 0.238 e. The fraction of sp³-hybridized carbons (Fsp3) is 0.192. The minimum Gasteiger partial charge on any atom is -0.438 e. The van der Waals surface area contributed by atoms with E-state index in [2.05, 4.69) is 20.6 Å². The van der Waals surface area contributed by atoms with Gasteiger partial charge in [0.1, 0.15) is 5.75 Å². The van der Waals surface area contributed by atoms with E-state index >= 15 is 0 Å². The quantitative estimate of drug-likeness (QED) is 0.458. The highest BCUT2D eigenvalue weighted by Crippen LogP contribution is 2.28. The predicted molar refractivity (Wildman–Crippen MR) is 131 cm³/mol. The van der Waals surface area contributed by atoms with E-state index in [0.29, 0.717) is 29.7 Å². The molecule has 1 N–H and O–H groups in total. The summed E-state index contributed by atoms with van der Waals surface area (Å²) >= 11 is 0. The number of nitrogens with one attached hydrogen (secondary N) is 1. The molecule has 9 heteroatoms. The number of amides is 2. The van der Waals surface area contributed by atoms with Crippen LogP contribution < -0.4 is 15.0 Å². The summed E-state index contributed by atoms with van der Waals surface area (Å²) in [5, 5.41) is 15.2. The Hall–Kier alpha value is -4.53. The lowest BCUT2D eigenvalue weighted by Crippen LogP contribution is -2.28. The highest BCUT2D eigenvalue weighted by molar-refractivity contribution is 6.03. The lowest BCUT2D eigenvalue weighted by atomic mass is 10.1. The topological polar surface area (TPSA) is 102 Å². The van der Waals surface area contributed by atoms with E-state index in [1.165, 1.54) is 5.56 Å². The van der Waals surface area contributed by atoms with Gasteiger partial charge in [0.05, 0.1) is 5.92 Å². The largest absolute Gasteiger partial charge is 0.438 e. The van der Waals surface area contributed by atoms with E-state index in [9.17, 15) is 9.59 Å². The zero-order valence-electron chi connectivity index (χ0n) is 19.4. The Morgan fingerprint density at radius 3 is 2.54 bits per heavy atom. The molecule has 2 aromatic carbocycles. The van der Waals surface area contributed by atoms with Gasteiger partial charge in [-0.15, -0.1) is 10.2 Å². The molecule has 0 aliphatic carbocycles. The van der Waals surface area contributed by atoms with Crippen molar-refractivity contribution in [3.63, 3.8) is 0 Å². The number of aryl methyl sites for hydroxylation is 2. The number of aromatic nitrogens is 4. The van der Waals surface area contributed by atoms with E-state index in [-0.39, 0.29) is 18.2 Å². The molecule has 9 nitrogen and oxygen atoms in total. The zero-order valence-corrected chi connectivity index (χ0v) is 19.4. The normalized spacial score (nSPS) is 15.3. The van der Waals surface area contributed by atoms with Crippen molar-refractivity contribution in [1.82, 2.24) is 20.0 Å². The van der Waals surface area contributed by atoms with Gasteiger partial charge < -0.3 is 15.0 Å². The Balaban J connectivity index is 1.18. The summed E-state index contributed by atoms with van der Waals surface area (Å²) in [5.41, 5.74) is 3.74. The minimum absolute atomic E-state index is 0.0446. The van der Waals surface area contributed by atoms with Gasteiger partial charge in [0.15, 0.2) is 5.82 Å². The third kappa shape index (κ3) is 4.89. The number of hydrogen-bond donors (Lipinski definition) is 1. The highest BCUT2D eigenvalue weighted by atomic mass is 16.5. The molecule has 0 spiro atoms. The van der Waals surface area contributed by atoms with Crippen molar-refractivity contribution in [2.24, 2.45) is 5.92 Å². The van der Waals surface area contributed by atoms with Crippen molar-refractivity contribution < 1.29 is 14.3 Å². The smallest absolute Gasteiger partial charge is 0.238 e. The van der Waals surface area contributed by atoms with E-state index in [4.69, 9.17) is 4.74 Å². The Morgan fingerprint density at radius 2 is 1.86 bits per heavy atom. The van der Waals surface area contributed by atoms with Crippen LogP contribution in [-0.4, -0.2) is 38.3 Å². The third-order valence-corrected chi connectivity index (χ3v) is 6.01. The van der Waals surface area contributed by atoms with Gasteiger partial charge in [-0.25, -0.2) is 4.68 Å². The maximum absolute atomic E-state index is 12.8. The molecule has 1 aliphatic heterocycles. The number of hydrogen-bond acceptors (Lipinski definition) is 6. The van der Waals surface area contributed by atoms with Crippen LogP contribution in [-0.2, 0) is 9.59 Å². The van der Waals surface area contributed by atoms with Crippen LogP contribution in [0.2, 0.25) is 0 Å².